The summed E-state index contributed by atoms with van der Waals surface area (Å²) in [7, 11) is 2.88. The first-order chi connectivity index (χ1) is 15.0. The maximum absolute atomic E-state index is 14.4. The first-order valence-electron chi connectivity index (χ1n) is 10.5. The maximum atomic E-state index is 14.4. The lowest BCUT2D eigenvalue weighted by atomic mass is 10.1. The number of hydrogen-bond acceptors (Lipinski definition) is 8. The number of hydrogen-bond donors (Lipinski definition) is 1. The second-order valence-corrected chi connectivity index (χ2v) is 8.20. The van der Waals surface area contributed by atoms with Crippen LogP contribution in [0.15, 0.2) is 0 Å². The average molecular weight is 457 g/mol. The predicted molar refractivity (Wildman–Crippen MR) is 115 cm³/mol. The van der Waals surface area contributed by atoms with E-state index in [9.17, 15) is 8.78 Å². The number of aromatic nitrogens is 3. The number of rotatable bonds is 3. The summed E-state index contributed by atoms with van der Waals surface area (Å²) < 4.78 is 37.3. The van der Waals surface area contributed by atoms with Gasteiger partial charge in [0.05, 0.1) is 14.2 Å². The largest absolute Gasteiger partial charge is 0.480 e. The van der Waals surface area contributed by atoms with E-state index in [1.54, 1.807) is 0 Å². The summed E-state index contributed by atoms with van der Waals surface area (Å²) in [5, 5.41) is 3.35. The number of piperazine rings is 1. The van der Waals surface area contributed by atoms with E-state index >= 15 is 0 Å². The minimum absolute atomic E-state index is 0.0391. The van der Waals surface area contributed by atoms with Crippen molar-refractivity contribution in [1.29, 1.82) is 0 Å². The van der Waals surface area contributed by atoms with E-state index in [0.29, 0.717) is 23.8 Å². The summed E-state index contributed by atoms with van der Waals surface area (Å²) in [5.74, 6) is 0.00963. The molecule has 2 aromatic heterocycles. The zero-order chi connectivity index (χ0) is 22.0. The summed E-state index contributed by atoms with van der Waals surface area (Å²) in [6, 6.07) is 0.684. The predicted octanol–water partition coefficient (Wildman–Crippen LogP) is 2.44. The van der Waals surface area contributed by atoms with Crippen molar-refractivity contribution >= 4 is 28.3 Å². The van der Waals surface area contributed by atoms with E-state index in [0.717, 1.165) is 39.1 Å². The number of halogens is 3. The number of fused-ring (bicyclic) bond motifs is 2. The van der Waals surface area contributed by atoms with Gasteiger partial charge in [-0.2, -0.15) is 15.0 Å². The number of nitrogens with one attached hydrogen (secondary N) is 1. The molecular weight excluding hydrogens is 430 g/mol. The van der Waals surface area contributed by atoms with E-state index in [4.69, 9.17) is 21.1 Å². The molecule has 2 atom stereocenters. The molecule has 3 aliphatic heterocycles. The smallest absolute Gasteiger partial charge is 0.318 e. The van der Waals surface area contributed by atoms with Gasteiger partial charge in [-0.15, -0.1) is 0 Å². The van der Waals surface area contributed by atoms with Gasteiger partial charge >= 0.3 is 6.01 Å². The van der Waals surface area contributed by atoms with Gasteiger partial charge in [-0.1, -0.05) is 11.6 Å². The van der Waals surface area contributed by atoms with Gasteiger partial charge in [-0.05, 0) is 25.8 Å². The number of alkyl halides is 1. The monoisotopic (exact) mass is 456 g/mol. The summed E-state index contributed by atoms with van der Waals surface area (Å²) in [4.78, 5) is 16.7. The molecule has 1 N–H and O–H groups in total. The average Bonchev–Trinajstić information content (AvgIpc) is 3.37. The molecule has 8 nitrogen and oxygen atoms in total. The molecule has 0 saturated carbocycles. The first-order valence-corrected chi connectivity index (χ1v) is 10.9. The standard InChI is InChI=1S/C13H15ClFN5O2.C7H12FN/c1-21-12-7-9(8(15)10(14)18-12)17-13(22-2)19-11(7)20-5-3-16-4-6-20;8-6-4-7-2-1-3-9(7)5-6/h16H,3-6H2,1-2H3;6-7H,1-5H2. The van der Waals surface area contributed by atoms with Crippen LogP contribution < -0.4 is 19.7 Å². The third kappa shape index (κ3) is 4.61. The summed E-state index contributed by atoms with van der Waals surface area (Å²) in [6.07, 6.45) is 2.81. The lowest BCUT2D eigenvalue weighted by Gasteiger charge is -2.29. The Balaban J connectivity index is 0.000000212. The zero-order valence-electron chi connectivity index (χ0n) is 17.7. The third-order valence-electron chi connectivity index (χ3n) is 5.92. The highest BCUT2D eigenvalue weighted by atomic mass is 35.5. The molecule has 0 aliphatic carbocycles. The van der Waals surface area contributed by atoms with E-state index < -0.39 is 12.0 Å². The van der Waals surface area contributed by atoms with Crippen LogP contribution in [0.2, 0.25) is 5.15 Å². The molecule has 170 valence electrons. The van der Waals surface area contributed by atoms with Crippen LogP contribution in [0.5, 0.6) is 11.9 Å². The topological polar surface area (TPSA) is 75.6 Å². The zero-order valence-corrected chi connectivity index (χ0v) is 18.5. The molecule has 0 spiro atoms. The van der Waals surface area contributed by atoms with Gasteiger partial charge in [0, 0.05) is 38.8 Å². The molecule has 0 aromatic carbocycles. The molecule has 0 radical (unpaired) electrons. The van der Waals surface area contributed by atoms with Crippen molar-refractivity contribution in [1.82, 2.24) is 25.2 Å². The van der Waals surface area contributed by atoms with Gasteiger partial charge in [0.1, 0.15) is 22.9 Å². The van der Waals surface area contributed by atoms with Crippen LogP contribution in [0.1, 0.15) is 19.3 Å². The van der Waals surface area contributed by atoms with Crippen LogP contribution in [-0.4, -0.2) is 85.6 Å². The van der Waals surface area contributed by atoms with Crippen molar-refractivity contribution in [3.8, 4) is 11.9 Å². The molecule has 0 amide bonds. The second-order valence-electron chi connectivity index (χ2n) is 7.84. The van der Waals surface area contributed by atoms with Gasteiger partial charge in [0.2, 0.25) is 5.88 Å². The Kier molecular flexibility index (Phi) is 6.88. The second kappa shape index (κ2) is 9.62. The van der Waals surface area contributed by atoms with Gasteiger partial charge < -0.3 is 19.7 Å². The Hall–Kier alpha value is -2.04. The molecule has 31 heavy (non-hydrogen) atoms. The van der Waals surface area contributed by atoms with E-state index in [2.05, 4.69) is 25.2 Å². The van der Waals surface area contributed by atoms with Crippen molar-refractivity contribution in [2.45, 2.75) is 31.5 Å². The van der Waals surface area contributed by atoms with Gasteiger partial charge in [-0.3, -0.25) is 4.90 Å². The van der Waals surface area contributed by atoms with Crippen LogP contribution in [0.3, 0.4) is 0 Å². The highest BCUT2D eigenvalue weighted by Gasteiger charge is 2.34. The number of nitrogens with zero attached hydrogens (tertiary/aromatic N) is 5. The first kappa shape index (κ1) is 22.2. The summed E-state index contributed by atoms with van der Waals surface area (Å²) in [5.41, 5.74) is 0.0391. The molecule has 3 saturated heterocycles. The summed E-state index contributed by atoms with van der Waals surface area (Å²) >= 11 is 5.81. The molecule has 5 rings (SSSR count). The number of pyridine rings is 1. The number of ether oxygens (including phenoxy) is 2. The maximum Gasteiger partial charge on any atom is 0.318 e. The van der Waals surface area contributed by atoms with Gasteiger partial charge in [-0.25, -0.2) is 8.78 Å². The van der Waals surface area contributed by atoms with Crippen LogP contribution in [-0.2, 0) is 0 Å². The Labute approximate surface area is 184 Å². The third-order valence-corrected chi connectivity index (χ3v) is 6.17. The Morgan fingerprint density at radius 1 is 1.10 bits per heavy atom. The molecule has 0 bridgehead atoms. The SMILES string of the molecule is COc1nc(N2CCNCC2)c2c(OC)nc(Cl)c(F)c2n1.FC1CC2CCCN2C1. The molecule has 5 heterocycles. The lowest BCUT2D eigenvalue weighted by Crippen LogP contribution is -2.44. The fourth-order valence-corrected chi connectivity index (χ4v) is 4.61. The molecule has 11 heteroatoms. The van der Waals surface area contributed by atoms with E-state index in [1.165, 1.54) is 27.1 Å². The molecule has 2 unspecified atom stereocenters. The molecule has 3 aliphatic rings. The van der Waals surface area contributed by atoms with Gasteiger partial charge in [0.25, 0.3) is 0 Å². The quantitative estimate of drug-likeness (QED) is 0.706. The fourth-order valence-electron chi connectivity index (χ4n) is 4.45. The fraction of sp³-hybridized carbons (Fsp3) is 0.650. The van der Waals surface area contributed by atoms with Crippen molar-refractivity contribution in [3.05, 3.63) is 11.0 Å². The molecule has 2 aromatic rings. The summed E-state index contributed by atoms with van der Waals surface area (Å²) in [6.45, 7) is 4.92. The molecular formula is C20H27ClF2N6O2. The number of methoxy groups -OCH3 is 2. The van der Waals surface area contributed by atoms with E-state index in [1.807, 2.05) is 4.90 Å². The lowest BCUT2D eigenvalue weighted by molar-refractivity contribution is 0.292. The van der Waals surface area contributed by atoms with Gasteiger partial charge in [0.15, 0.2) is 11.0 Å². The highest BCUT2D eigenvalue weighted by Crippen LogP contribution is 2.36. The van der Waals surface area contributed by atoms with E-state index in [-0.39, 0.29) is 22.6 Å². The minimum atomic E-state index is -0.713. The Morgan fingerprint density at radius 3 is 2.55 bits per heavy atom. The van der Waals surface area contributed by atoms with Crippen LogP contribution in [0, 0.1) is 5.82 Å². The number of anilines is 1. The minimum Gasteiger partial charge on any atom is -0.480 e. The highest BCUT2D eigenvalue weighted by molar-refractivity contribution is 6.30. The van der Waals surface area contributed by atoms with Crippen LogP contribution >= 0.6 is 11.6 Å². The molecule has 3 fully saturated rings. The Bertz CT molecular complexity index is 918. The Morgan fingerprint density at radius 2 is 1.87 bits per heavy atom. The van der Waals surface area contributed by atoms with Crippen molar-refractivity contribution < 1.29 is 18.3 Å². The van der Waals surface area contributed by atoms with Crippen LogP contribution in [0.25, 0.3) is 10.9 Å². The van der Waals surface area contributed by atoms with Crippen molar-refractivity contribution in [2.24, 2.45) is 0 Å². The normalized spacial score (nSPS) is 23.5. The van der Waals surface area contributed by atoms with Crippen molar-refractivity contribution in [2.75, 3.05) is 58.4 Å². The van der Waals surface area contributed by atoms with Crippen LogP contribution in [0.4, 0.5) is 14.6 Å². The van der Waals surface area contributed by atoms with Crippen molar-refractivity contribution in [3.63, 3.8) is 0 Å².